The Morgan fingerprint density at radius 3 is 2.42 bits per heavy atom. The van der Waals surface area contributed by atoms with Crippen molar-refractivity contribution in [1.82, 2.24) is 0 Å². The standard InChI is InChI=1S/C23H24N2O4S2/c1-18-7-5-8-19(15-18)17-30(26,27)24-21-12-13-23-20(16-21)9-6-14-25(23)31(28,29)22-10-3-2-4-11-22/h2-5,7-8,10-13,15-16,24H,6,9,14,17H2,1H3. The molecule has 1 aliphatic heterocycles. The number of nitrogens with zero attached hydrogens (tertiary/aromatic N) is 1. The lowest BCUT2D eigenvalue weighted by Crippen LogP contribution is -2.35. The van der Waals surface area contributed by atoms with Crippen molar-refractivity contribution < 1.29 is 16.8 Å². The van der Waals surface area contributed by atoms with E-state index in [0.29, 0.717) is 36.3 Å². The molecule has 0 aliphatic carbocycles. The first-order valence-electron chi connectivity index (χ1n) is 10.0. The number of aryl methyl sites for hydroxylation is 2. The number of nitrogens with one attached hydrogen (secondary N) is 1. The Morgan fingerprint density at radius 1 is 0.903 bits per heavy atom. The molecule has 0 saturated heterocycles. The van der Waals surface area contributed by atoms with Crippen molar-refractivity contribution in [2.24, 2.45) is 0 Å². The van der Waals surface area contributed by atoms with E-state index in [-0.39, 0.29) is 10.6 Å². The molecule has 0 atom stereocenters. The third-order valence-corrected chi connectivity index (χ3v) is 8.29. The molecule has 162 valence electrons. The van der Waals surface area contributed by atoms with Gasteiger partial charge in [-0.15, -0.1) is 0 Å². The smallest absolute Gasteiger partial charge is 0.264 e. The van der Waals surface area contributed by atoms with Gasteiger partial charge in [0.1, 0.15) is 0 Å². The van der Waals surface area contributed by atoms with Crippen molar-refractivity contribution in [1.29, 1.82) is 0 Å². The molecule has 0 fully saturated rings. The highest BCUT2D eigenvalue weighted by Gasteiger charge is 2.29. The molecule has 1 heterocycles. The van der Waals surface area contributed by atoms with Crippen LogP contribution in [0.25, 0.3) is 0 Å². The van der Waals surface area contributed by atoms with Gasteiger partial charge in [0, 0.05) is 12.2 Å². The third-order valence-electron chi connectivity index (χ3n) is 5.20. The summed E-state index contributed by atoms with van der Waals surface area (Å²) >= 11 is 0. The molecule has 6 nitrogen and oxygen atoms in total. The highest BCUT2D eigenvalue weighted by molar-refractivity contribution is 7.93. The number of hydrogen-bond donors (Lipinski definition) is 1. The second-order valence-electron chi connectivity index (χ2n) is 7.69. The first-order chi connectivity index (χ1) is 14.7. The van der Waals surface area contributed by atoms with Gasteiger partial charge in [-0.1, -0.05) is 48.0 Å². The quantitative estimate of drug-likeness (QED) is 0.606. The molecule has 4 rings (SSSR count). The van der Waals surface area contributed by atoms with Gasteiger partial charge in [0.25, 0.3) is 10.0 Å². The van der Waals surface area contributed by atoms with E-state index in [0.717, 1.165) is 11.1 Å². The van der Waals surface area contributed by atoms with Crippen molar-refractivity contribution in [3.05, 3.63) is 89.5 Å². The molecule has 31 heavy (non-hydrogen) atoms. The van der Waals surface area contributed by atoms with Gasteiger partial charge < -0.3 is 0 Å². The largest absolute Gasteiger partial charge is 0.283 e. The van der Waals surface area contributed by atoms with Crippen LogP contribution in [0.15, 0.2) is 77.7 Å². The number of fused-ring (bicyclic) bond motifs is 1. The Balaban J connectivity index is 1.59. The van der Waals surface area contributed by atoms with E-state index in [1.807, 2.05) is 25.1 Å². The molecule has 0 radical (unpaired) electrons. The molecule has 3 aromatic rings. The Hall–Kier alpha value is -2.84. The van der Waals surface area contributed by atoms with Crippen LogP contribution in [-0.4, -0.2) is 23.4 Å². The highest BCUT2D eigenvalue weighted by Crippen LogP contribution is 2.34. The summed E-state index contributed by atoms with van der Waals surface area (Å²) in [6, 6.07) is 20.7. The van der Waals surface area contributed by atoms with E-state index < -0.39 is 20.0 Å². The molecular formula is C23H24N2O4S2. The Bertz CT molecular complexity index is 1300. The maximum absolute atomic E-state index is 13.1. The highest BCUT2D eigenvalue weighted by atomic mass is 32.2. The zero-order valence-electron chi connectivity index (χ0n) is 17.2. The van der Waals surface area contributed by atoms with Crippen molar-refractivity contribution in [2.45, 2.75) is 30.4 Å². The summed E-state index contributed by atoms with van der Waals surface area (Å²) in [5.74, 6) is -0.125. The molecule has 0 aromatic heterocycles. The van der Waals surface area contributed by atoms with Crippen LogP contribution in [0.5, 0.6) is 0 Å². The van der Waals surface area contributed by atoms with Crippen molar-refractivity contribution in [3.63, 3.8) is 0 Å². The minimum absolute atomic E-state index is 0.125. The Kier molecular flexibility index (Phi) is 5.77. The maximum atomic E-state index is 13.1. The zero-order chi connectivity index (χ0) is 22.1. The van der Waals surface area contributed by atoms with Crippen LogP contribution in [0.2, 0.25) is 0 Å². The number of hydrogen-bond acceptors (Lipinski definition) is 4. The van der Waals surface area contributed by atoms with E-state index in [1.54, 1.807) is 54.6 Å². The van der Waals surface area contributed by atoms with E-state index in [4.69, 9.17) is 0 Å². The fourth-order valence-corrected chi connectivity index (χ4v) is 6.57. The van der Waals surface area contributed by atoms with Gasteiger partial charge in [0.2, 0.25) is 10.0 Å². The first kappa shape index (κ1) is 21.4. The minimum Gasteiger partial charge on any atom is -0.283 e. The number of benzene rings is 3. The van der Waals surface area contributed by atoms with Gasteiger partial charge in [-0.25, -0.2) is 16.8 Å². The fourth-order valence-electron chi connectivity index (χ4n) is 3.83. The monoisotopic (exact) mass is 456 g/mol. The molecule has 8 heteroatoms. The molecule has 0 unspecified atom stereocenters. The van der Waals surface area contributed by atoms with E-state index in [1.165, 1.54) is 4.31 Å². The van der Waals surface area contributed by atoms with E-state index in [2.05, 4.69) is 4.72 Å². The third kappa shape index (κ3) is 4.75. The summed E-state index contributed by atoms with van der Waals surface area (Å²) in [6.07, 6.45) is 1.35. The maximum Gasteiger partial charge on any atom is 0.264 e. The van der Waals surface area contributed by atoms with Crippen molar-refractivity contribution in [2.75, 3.05) is 15.6 Å². The van der Waals surface area contributed by atoms with Crippen LogP contribution in [0.3, 0.4) is 0 Å². The number of rotatable bonds is 6. The number of anilines is 2. The SMILES string of the molecule is Cc1cccc(CS(=O)(=O)Nc2ccc3c(c2)CCCN3S(=O)(=O)c2ccccc2)c1. The second kappa shape index (κ2) is 8.36. The lowest BCUT2D eigenvalue weighted by molar-refractivity contribution is 0.586. The predicted octanol–water partition coefficient (Wildman–Crippen LogP) is 4.08. The summed E-state index contributed by atoms with van der Waals surface area (Å²) < 4.78 is 55.5. The molecule has 3 aromatic carbocycles. The van der Waals surface area contributed by atoms with Gasteiger partial charge in [-0.05, 0) is 61.2 Å². The Morgan fingerprint density at radius 2 is 1.68 bits per heavy atom. The van der Waals surface area contributed by atoms with Gasteiger partial charge >= 0.3 is 0 Å². The van der Waals surface area contributed by atoms with Gasteiger partial charge in [-0.3, -0.25) is 9.03 Å². The van der Waals surface area contributed by atoms with Crippen molar-refractivity contribution >= 4 is 31.4 Å². The summed E-state index contributed by atoms with van der Waals surface area (Å²) in [7, 11) is -7.27. The van der Waals surface area contributed by atoms with Crippen LogP contribution in [-0.2, 0) is 32.2 Å². The van der Waals surface area contributed by atoms with Crippen LogP contribution in [0.4, 0.5) is 11.4 Å². The lowest BCUT2D eigenvalue weighted by atomic mass is 10.0. The normalized spacial score (nSPS) is 14.2. The summed E-state index contributed by atoms with van der Waals surface area (Å²) in [4.78, 5) is 0.241. The van der Waals surface area contributed by atoms with Gasteiger partial charge in [-0.2, -0.15) is 0 Å². The summed E-state index contributed by atoms with van der Waals surface area (Å²) in [5, 5.41) is 0. The zero-order valence-corrected chi connectivity index (χ0v) is 18.8. The predicted molar refractivity (Wildman–Crippen MR) is 123 cm³/mol. The lowest BCUT2D eigenvalue weighted by Gasteiger charge is -2.31. The summed E-state index contributed by atoms with van der Waals surface area (Å²) in [5.41, 5.74) is 3.55. The second-order valence-corrected chi connectivity index (χ2v) is 11.3. The first-order valence-corrected chi connectivity index (χ1v) is 13.1. The van der Waals surface area contributed by atoms with Crippen LogP contribution in [0.1, 0.15) is 23.1 Å². The van der Waals surface area contributed by atoms with Crippen LogP contribution in [0, 0.1) is 6.92 Å². The molecular weight excluding hydrogens is 432 g/mol. The molecule has 0 bridgehead atoms. The fraction of sp³-hybridized carbons (Fsp3) is 0.217. The molecule has 1 aliphatic rings. The van der Waals surface area contributed by atoms with Gasteiger partial charge in [0.15, 0.2) is 0 Å². The summed E-state index contributed by atoms with van der Waals surface area (Å²) in [6.45, 7) is 2.31. The van der Waals surface area contributed by atoms with E-state index in [9.17, 15) is 16.8 Å². The molecule has 1 N–H and O–H groups in total. The molecule has 0 spiro atoms. The average molecular weight is 457 g/mol. The van der Waals surface area contributed by atoms with Gasteiger partial charge in [0.05, 0.1) is 16.3 Å². The Labute approximate surface area is 183 Å². The van der Waals surface area contributed by atoms with Crippen LogP contribution < -0.4 is 9.03 Å². The van der Waals surface area contributed by atoms with E-state index >= 15 is 0 Å². The molecule has 0 amide bonds. The topological polar surface area (TPSA) is 83.6 Å². The number of sulfonamides is 2. The van der Waals surface area contributed by atoms with Crippen molar-refractivity contribution in [3.8, 4) is 0 Å². The average Bonchev–Trinajstić information content (AvgIpc) is 2.73. The minimum atomic E-state index is -3.67. The molecule has 0 saturated carbocycles. The van der Waals surface area contributed by atoms with Crippen LogP contribution >= 0.6 is 0 Å².